The van der Waals surface area contributed by atoms with Gasteiger partial charge in [0, 0.05) is 18.3 Å². The van der Waals surface area contributed by atoms with Crippen LogP contribution in [0.3, 0.4) is 0 Å². The average Bonchev–Trinajstić information content (AvgIpc) is 2.68. The van der Waals surface area contributed by atoms with E-state index in [1.54, 1.807) is 24.3 Å². The topological polar surface area (TPSA) is 111 Å². The summed E-state index contributed by atoms with van der Waals surface area (Å²) in [6.45, 7) is 1.06. The number of hydrogen-bond donors (Lipinski definition) is 5. The Kier molecular flexibility index (Phi) is 4.56. The lowest BCUT2D eigenvalue weighted by atomic mass is 10.1. The maximum absolute atomic E-state index is 10.9. The Morgan fingerprint density at radius 2 is 1.80 bits per heavy atom. The molecule has 1 saturated heterocycles. The second kappa shape index (κ2) is 6.19. The molecule has 0 spiro atoms. The van der Waals surface area contributed by atoms with Crippen LogP contribution in [-0.4, -0.2) is 52.4 Å². The molecule has 0 radical (unpaired) electrons. The van der Waals surface area contributed by atoms with E-state index in [1.165, 1.54) is 6.92 Å². The highest BCUT2D eigenvalue weighted by atomic mass is 16.6. The molecule has 4 atom stereocenters. The van der Waals surface area contributed by atoms with Crippen molar-refractivity contribution in [3.63, 3.8) is 0 Å². The standard InChI is InChI=1S/C13H18N2O5/c1-7(17)14-8-2-4-9(5-3-8)15-13-12(19)11(18)10(6-16)20-13/h2-5,10-13,15-16,18-19H,6H2,1H3,(H,14,17)/t10-,11-,12+,13+/m0/s1. The number of hydrogen-bond acceptors (Lipinski definition) is 6. The van der Waals surface area contributed by atoms with E-state index in [-0.39, 0.29) is 12.5 Å². The molecular weight excluding hydrogens is 264 g/mol. The van der Waals surface area contributed by atoms with Gasteiger partial charge in [0.25, 0.3) is 0 Å². The van der Waals surface area contributed by atoms with Crippen LogP contribution in [0.2, 0.25) is 0 Å². The number of ether oxygens (including phenoxy) is 1. The van der Waals surface area contributed by atoms with Gasteiger partial charge in [0.1, 0.15) is 18.3 Å². The van der Waals surface area contributed by atoms with Crippen molar-refractivity contribution in [2.75, 3.05) is 17.2 Å². The van der Waals surface area contributed by atoms with Crippen molar-refractivity contribution in [3.05, 3.63) is 24.3 Å². The van der Waals surface area contributed by atoms with Gasteiger partial charge >= 0.3 is 0 Å². The summed E-state index contributed by atoms with van der Waals surface area (Å²) in [6, 6.07) is 6.82. The van der Waals surface area contributed by atoms with Crippen LogP contribution in [0.4, 0.5) is 11.4 Å². The molecule has 1 amide bonds. The number of nitrogens with one attached hydrogen (secondary N) is 2. The average molecular weight is 282 g/mol. The fraction of sp³-hybridized carbons (Fsp3) is 0.462. The molecule has 0 unspecified atom stereocenters. The van der Waals surface area contributed by atoms with E-state index in [0.29, 0.717) is 11.4 Å². The first kappa shape index (κ1) is 14.7. The van der Waals surface area contributed by atoms with Gasteiger partial charge in [-0.25, -0.2) is 0 Å². The summed E-state index contributed by atoms with van der Waals surface area (Å²) in [5.74, 6) is -0.158. The molecule has 0 bridgehead atoms. The van der Waals surface area contributed by atoms with Gasteiger partial charge in [-0.3, -0.25) is 4.79 Å². The van der Waals surface area contributed by atoms with Gasteiger partial charge in [-0.05, 0) is 24.3 Å². The molecule has 0 aliphatic carbocycles. The maximum atomic E-state index is 10.9. The zero-order valence-electron chi connectivity index (χ0n) is 11.0. The molecule has 1 aliphatic heterocycles. The Labute approximate surface area is 116 Å². The summed E-state index contributed by atoms with van der Waals surface area (Å²) in [5.41, 5.74) is 1.32. The van der Waals surface area contributed by atoms with Crippen molar-refractivity contribution in [2.24, 2.45) is 0 Å². The van der Waals surface area contributed by atoms with Gasteiger partial charge in [-0.2, -0.15) is 0 Å². The zero-order valence-corrected chi connectivity index (χ0v) is 11.0. The molecule has 7 nitrogen and oxygen atoms in total. The number of aliphatic hydroxyl groups excluding tert-OH is 3. The number of carbonyl (C=O) groups excluding carboxylic acids is 1. The molecule has 1 aromatic carbocycles. The van der Waals surface area contributed by atoms with Crippen LogP contribution >= 0.6 is 0 Å². The Morgan fingerprint density at radius 3 is 2.30 bits per heavy atom. The number of carbonyl (C=O) groups is 1. The lowest BCUT2D eigenvalue weighted by Gasteiger charge is -2.17. The Balaban J connectivity index is 1.98. The molecule has 2 rings (SSSR count). The second-order valence-corrected chi connectivity index (χ2v) is 4.66. The number of rotatable bonds is 4. The molecule has 0 aromatic heterocycles. The zero-order chi connectivity index (χ0) is 14.7. The molecular formula is C13H18N2O5. The maximum Gasteiger partial charge on any atom is 0.221 e. The van der Waals surface area contributed by atoms with E-state index in [2.05, 4.69) is 10.6 Å². The third-order valence-corrected chi connectivity index (χ3v) is 3.06. The first-order valence-electron chi connectivity index (χ1n) is 6.28. The molecule has 7 heteroatoms. The van der Waals surface area contributed by atoms with Gasteiger partial charge in [-0.1, -0.05) is 0 Å². The highest BCUT2D eigenvalue weighted by Crippen LogP contribution is 2.23. The molecule has 5 N–H and O–H groups in total. The van der Waals surface area contributed by atoms with Crippen LogP contribution in [0.1, 0.15) is 6.92 Å². The van der Waals surface area contributed by atoms with E-state index >= 15 is 0 Å². The molecule has 1 heterocycles. The third-order valence-electron chi connectivity index (χ3n) is 3.06. The Morgan fingerprint density at radius 1 is 1.20 bits per heavy atom. The molecule has 0 saturated carbocycles. The van der Waals surface area contributed by atoms with Crippen LogP contribution in [0.25, 0.3) is 0 Å². The van der Waals surface area contributed by atoms with Crippen LogP contribution < -0.4 is 10.6 Å². The Bertz CT molecular complexity index is 464. The molecule has 1 aliphatic rings. The van der Waals surface area contributed by atoms with Gasteiger partial charge in [-0.15, -0.1) is 0 Å². The number of aliphatic hydroxyl groups is 3. The first-order chi connectivity index (χ1) is 9.51. The highest BCUT2D eigenvalue weighted by molar-refractivity contribution is 5.88. The lowest BCUT2D eigenvalue weighted by molar-refractivity contribution is -0.114. The lowest BCUT2D eigenvalue weighted by Crippen LogP contribution is -2.36. The number of amides is 1. The van der Waals surface area contributed by atoms with Gasteiger partial charge < -0.3 is 30.7 Å². The van der Waals surface area contributed by atoms with E-state index in [9.17, 15) is 15.0 Å². The van der Waals surface area contributed by atoms with E-state index in [0.717, 1.165) is 0 Å². The second-order valence-electron chi connectivity index (χ2n) is 4.66. The summed E-state index contributed by atoms with van der Waals surface area (Å²) >= 11 is 0. The van der Waals surface area contributed by atoms with Crippen molar-refractivity contribution < 1.29 is 24.9 Å². The molecule has 110 valence electrons. The van der Waals surface area contributed by atoms with Crippen molar-refractivity contribution in [1.29, 1.82) is 0 Å². The van der Waals surface area contributed by atoms with Crippen molar-refractivity contribution in [1.82, 2.24) is 0 Å². The molecule has 20 heavy (non-hydrogen) atoms. The quantitative estimate of drug-likeness (QED) is 0.509. The van der Waals surface area contributed by atoms with E-state index < -0.39 is 24.5 Å². The van der Waals surface area contributed by atoms with E-state index in [4.69, 9.17) is 9.84 Å². The van der Waals surface area contributed by atoms with Crippen molar-refractivity contribution >= 4 is 17.3 Å². The summed E-state index contributed by atoms with van der Waals surface area (Å²) in [7, 11) is 0. The predicted molar refractivity (Wildman–Crippen MR) is 72.1 cm³/mol. The van der Waals surface area contributed by atoms with Crippen LogP contribution in [-0.2, 0) is 9.53 Å². The summed E-state index contributed by atoms with van der Waals surface area (Å²) in [5, 5.41) is 34.0. The van der Waals surface area contributed by atoms with Crippen molar-refractivity contribution in [3.8, 4) is 0 Å². The normalized spacial score (nSPS) is 29.2. The Hall–Kier alpha value is -1.67. The minimum atomic E-state index is -1.13. The summed E-state index contributed by atoms with van der Waals surface area (Å²) in [6.07, 6.45) is -3.85. The van der Waals surface area contributed by atoms with Gasteiger partial charge in [0.05, 0.1) is 6.61 Å². The number of anilines is 2. The van der Waals surface area contributed by atoms with Crippen molar-refractivity contribution in [2.45, 2.75) is 31.5 Å². The van der Waals surface area contributed by atoms with Crippen LogP contribution in [0, 0.1) is 0 Å². The molecule has 1 aromatic rings. The number of benzene rings is 1. The van der Waals surface area contributed by atoms with Gasteiger partial charge in [0.15, 0.2) is 6.23 Å². The third kappa shape index (κ3) is 3.26. The minimum absolute atomic E-state index is 0.158. The minimum Gasteiger partial charge on any atom is -0.394 e. The largest absolute Gasteiger partial charge is 0.394 e. The van der Waals surface area contributed by atoms with E-state index in [1.807, 2.05) is 0 Å². The SMILES string of the molecule is CC(=O)Nc1ccc(N[C@@H]2O[C@@H](CO)[C@H](O)[C@H]2O)cc1. The predicted octanol–water partition coefficient (Wildman–Crippen LogP) is -0.504. The van der Waals surface area contributed by atoms with Crippen LogP contribution in [0.15, 0.2) is 24.3 Å². The fourth-order valence-electron chi connectivity index (χ4n) is 2.04. The summed E-state index contributed by atoms with van der Waals surface area (Å²) < 4.78 is 5.30. The highest BCUT2D eigenvalue weighted by Gasteiger charge is 2.42. The first-order valence-corrected chi connectivity index (χ1v) is 6.28. The molecule has 1 fully saturated rings. The van der Waals surface area contributed by atoms with Gasteiger partial charge in [0.2, 0.25) is 5.91 Å². The smallest absolute Gasteiger partial charge is 0.221 e. The van der Waals surface area contributed by atoms with Crippen LogP contribution in [0.5, 0.6) is 0 Å². The fourth-order valence-corrected chi connectivity index (χ4v) is 2.04. The summed E-state index contributed by atoms with van der Waals surface area (Å²) in [4.78, 5) is 10.9. The monoisotopic (exact) mass is 282 g/mol.